The Morgan fingerprint density at radius 1 is 1.00 bits per heavy atom. The largest absolute Gasteiger partial charge is 1.00 e. The van der Waals surface area contributed by atoms with Gasteiger partial charge in [0.1, 0.15) is 5.69 Å². The van der Waals surface area contributed by atoms with Gasteiger partial charge in [-0.3, -0.25) is 0 Å². The molecule has 0 saturated heterocycles. The van der Waals surface area contributed by atoms with Crippen LogP contribution >= 0.6 is 22.7 Å². The van der Waals surface area contributed by atoms with Crippen molar-refractivity contribution >= 4 is 49.1 Å². The molecule has 4 heterocycles. The zero-order chi connectivity index (χ0) is 18.4. The molecule has 0 amide bonds. The van der Waals surface area contributed by atoms with Crippen LogP contribution in [0, 0.1) is 13.8 Å². The van der Waals surface area contributed by atoms with Gasteiger partial charge in [-0.05, 0) is 38.1 Å². The van der Waals surface area contributed by atoms with Gasteiger partial charge in [0, 0.05) is 16.0 Å². The minimum absolute atomic E-state index is 0. The van der Waals surface area contributed by atoms with E-state index in [1.165, 1.54) is 20.0 Å². The van der Waals surface area contributed by atoms with E-state index in [4.69, 9.17) is 15.3 Å². The topological polar surface area (TPSA) is 139 Å². The van der Waals surface area contributed by atoms with Crippen molar-refractivity contribution in [3.63, 3.8) is 0 Å². The van der Waals surface area contributed by atoms with Crippen LogP contribution in [-0.2, 0) is 0 Å². The molecule has 0 aliphatic rings. The minimum Gasteiger partial charge on any atom is -0.870 e. The molecule has 0 bridgehead atoms. The first kappa shape index (κ1) is 25.8. The first-order chi connectivity index (χ1) is 11.9. The van der Waals surface area contributed by atoms with E-state index in [1.807, 2.05) is 30.5 Å². The van der Waals surface area contributed by atoms with Gasteiger partial charge in [-0.15, -0.1) is 22.7 Å². The van der Waals surface area contributed by atoms with Crippen LogP contribution in [0.25, 0.3) is 20.4 Å². The van der Waals surface area contributed by atoms with E-state index >= 15 is 0 Å². The third-order valence-corrected chi connectivity index (χ3v) is 5.13. The Morgan fingerprint density at radius 3 is 2.04 bits per heavy atom. The molecule has 6 N–H and O–H groups in total. The number of nitrogens with one attached hydrogen (secondary N) is 2. The molecule has 0 aliphatic heterocycles. The molecule has 7 nitrogen and oxygen atoms in total. The van der Waals surface area contributed by atoms with Gasteiger partial charge in [-0.25, -0.2) is 4.79 Å². The average Bonchev–Trinajstić information content (AvgIpc) is 3.27. The predicted octanol–water partition coefficient (Wildman–Crippen LogP) is 0.572. The Kier molecular flexibility index (Phi) is 11.8. The SMILES string of the molecule is Cc1cc2[nH]c(C(=O)O)cc2s1.Cc1cc2[nH]ccc2s1.OCCO.[Na+].[OH-]. The number of hydrogen-bond donors (Lipinski definition) is 5. The number of aromatic carboxylic acids is 1. The third kappa shape index (κ3) is 7.40. The molecule has 0 fully saturated rings. The fourth-order valence-electron chi connectivity index (χ4n) is 2.14. The van der Waals surface area contributed by atoms with Gasteiger partial charge in [0.15, 0.2) is 0 Å². The van der Waals surface area contributed by atoms with Crippen molar-refractivity contribution in [2.75, 3.05) is 13.2 Å². The molecule has 4 aromatic heterocycles. The number of carboxylic acids is 1. The summed E-state index contributed by atoms with van der Waals surface area (Å²) in [6.45, 7) is 3.87. The van der Waals surface area contributed by atoms with Crippen molar-refractivity contribution < 1.29 is 55.1 Å². The number of aromatic nitrogens is 2. The van der Waals surface area contributed by atoms with Crippen LogP contribution in [0.3, 0.4) is 0 Å². The van der Waals surface area contributed by atoms with E-state index in [1.54, 1.807) is 17.4 Å². The Hall–Kier alpha value is -1.17. The number of aryl methyl sites for hydroxylation is 2. The summed E-state index contributed by atoms with van der Waals surface area (Å²) in [6, 6.07) is 7.88. The molecule has 0 aromatic carbocycles. The molecule has 0 radical (unpaired) electrons. The maximum Gasteiger partial charge on any atom is 1.00 e. The van der Waals surface area contributed by atoms with E-state index in [-0.39, 0.29) is 53.9 Å². The van der Waals surface area contributed by atoms with Gasteiger partial charge in [0.05, 0.1) is 33.6 Å². The number of carboxylic acid groups (broad SMARTS) is 1. The number of carbonyl (C=O) groups is 1. The minimum atomic E-state index is -0.906. The maximum absolute atomic E-state index is 10.5. The van der Waals surface area contributed by atoms with E-state index in [0.29, 0.717) is 0 Å². The number of rotatable bonds is 2. The van der Waals surface area contributed by atoms with Gasteiger partial charge >= 0.3 is 35.5 Å². The summed E-state index contributed by atoms with van der Waals surface area (Å²) in [6.07, 6.45) is 1.97. The second-order valence-corrected chi connectivity index (χ2v) is 7.76. The molecule has 0 atom stereocenters. The summed E-state index contributed by atoms with van der Waals surface area (Å²) in [7, 11) is 0. The zero-order valence-electron chi connectivity index (χ0n) is 15.3. The molecule has 0 aliphatic carbocycles. The molecule has 4 rings (SSSR count). The monoisotopic (exact) mass is 420 g/mol. The predicted molar refractivity (Wildman–Crippen MR) is 105 cm³/mol. The van der Waals surface area contributed by atoms with Crippen LogP contribution in [0.2, 0.25) is 0 Å². The quantitative estimate of drug-likeness (QED) is 0.302. The van der Waals surface area contributed by atoms with Crippen molar-refractivity contribution in [3.05, 3.63) is 45.9 Å². The summed E-state index contributed by atoms with van der Waals surface area (Å²) < 4.78 is 2.36. The number of thiophene rings is 2. The molecule has 0 spiro atoms. The van der Waals surface area contributed by atoms with Crippen LogP contribution in [0.15, 0.2) is 30.5 Å². The summed E-state index contributed by atoms with van der Waals surface area (Å²) >= 11 is 3.42. The average molecular weight is 420 g/mol. The molecule has 10 heteroatoms. The first-order valence-electron chi connectivity index (χ1n) is 7.52. The number of aliphatic hydroxyl groups excluding tert-OH is 2. The molecular formula is C17H21N2NaO5S2. The second kappa shape index (κ2) is 12.3. The summed E-state index contributed by atoms with van der Waals surface area (Å²) in [5.74, 6) is -0.906. The summed E-state index contributed by atoms with van der Waals surface area (Å²) in [5.41, 5.74) is 2.43. The van der Waals surface area contributed by atoms with Crippen LogP contribution < -0.4 is 29.6 Å². The number of fused-ring (bicyclic) bond motifs is 2. The Balaban J connectivity index is 0.000000404. The van der Waals surface area contributed by atoms with Crippen molar-refractivity contribution in [2.24, 2.45) is 0 Å². The van der Waals surface area contributed by atoms with Gasteiger partial charge in [-0.2, -0.15) is 0 Å². The van der Waals surface area contributed by atoms with E-state index in [0.717, 1.165) is 10.2 Å². The standard InChI is InChI=1S/C8H7NO2S.C7H7NS.C2H6O2.Na.H2O/c1-4-2-5-7(12-4)3-6(9-5)8(10)11;1-5-4-6-7(9-5)2-3-8-6;3-1-2-4;;/h2-3,9H,1H3,(H,10,11);2-4,8H,1H3;3-4H,1-2H2;;1H2/q;;;+1;/p-1. The molecule has 142 valence electrons. The molecule has 0 unspecified atom stereocenters. The Bertz CT molecular complexity index is 895. The Morgan fingerprint density at radius 2 is 1.56 bits per heavy atom. The van der Waals surface area contributed by atoms with E-state index in [9.17, 15) is 4.79 Å². The first-order valence-corrected chi connectivity index (χ1v) is 9.15. The van der Waals surface area contributed by atoms with E-state index in [2.05, 4.69) is 29.0 Å². The second-order valence-electron chi connectivity index (χ2n) is 5.18. The number of aliphatic hydroxyl groups is 2. The molecule has 27 heavy (non-hydrogen) atoms. The Labute approximate surface area is 186 Å². The molecular weight excluding hydrogens is 399 g/mol. The van der Waals surface area contributed by atoms with Crippen molar-refractivity contribution in [1.82, 2.24) is 9.97 Å². The van der Waals surface area contributed by atoms with Crippen molar-refractivity contribution in [3.8, 4) is 0 Å². The van der Waals surface area contributed by atoms with Gasteiger partial charge in [0.2, 0.25) is 0 Å². The third-order valence-electron chi connectivity index (χ3n) is 3.12. The van der Waals surface area contributed by atoms with Crippen molar-refractivity contribution in [1.29, 1.82) is 0 Å². The van der Waals surface area contributed by atoms with Crippen LogP contribution in [-0.4, -0.2) is 49.9 Å². The van der Waals surface area contributed by atoms with Gasteiger partial charge < -0.3 is 30.8 Å². The fraction of sp³-hybridized carbons (Fsp3) is 0.235. The molecule has 4 aromatic rings. The van der Waals surface area contributed by atoms with Crippen LogP contribution in [0.4, 0.5) is 0 Å². The maximum atomic E-state index is 10.5. The fourth-order valence-corrected chi connectivity index (χ4v) is 3.95. The van der Waals surface area contributed by atoms with Crippen LogP contribution in [0.1, 0.15) is 20.2 Å². The van der Waals surface area contributed by atoms with Crippen molar-refractivity contribution in [2.45, 2.75) is 13.8 Å². The van der Waals surface area contributed by atoms with Gasteiger partial charge in [0.25, 0.3) is 0 Å². The normalized spacial score (nSPS) is 9.48. The van der Waals surface area contributed by atoms with Crippen LogP contribution in [0.5, 0.6) is 0 Å². The zero-order valence-corrected chi connectivity index (χ0v) is 18.9. The molecule has 0 saturated carbocycles. The van der Waals surface area contributed by atoms with Gasteiger partial charge in [-0.1, -0.05) is 0 Å². The number of aromatic amines is 2. The summed E-state index contributed by atoms with van der Waals surface area (Å²) in [4.78, 5) is 19.1. The number of H-pyrrole nitrogens is 2. The van der Waals surface area contributed by atoms with E-state index < -0.39 is 5.97 Å². The summed E-state index contributed by atoms with van der Waals surface area (Å²) in [5, 5.41) is 23.9. The smallest absolute Gasteiger partial charge is 0.870 e. The number of hydrogen-bond acceptors (Lipinski definition) is 6.